The van der Waals surface area contributed by atoms with E-state index in [1.807, 2.05) is 0 Å². The lowest BCUT2D eigenvalue weighted by Gasteiger charge is -2.45. The summed E-state index contributed by atoms with van der Waals surface area (Å²) in [6, 6.07) is 0.731. The van der Waals surface area contributed by atoms with Crippen LogP contribution in [0.4, 0.5) is 0 Å². The van der Waals surface area contributed by atoms with Gasteiger partial charge in [0.1, 0.15) is 0 Å². The van der Waals surface area contributed by atoms with Gasteiger partial charge in [0, 0.05) is 29.6 Å². The Balaban J connectivity index is 1.30. The fourth-order valence-corrected chi connectivity index (χ4v) is 10.3. The van der Waals surface area contributed by atoms with Gasteiger partial charge >= 0.3 is 0 Å². The number of fused-ring (bicyclic) bond motifs is 2. The van der Waals surface area contributed by atoms with E-state index in [4.69, 9.17) is 4.99 Å². The summed E-state index contributed by atoms with van der Waals surface area (Å²) in [5.74, 6) is 3.44. The predicted molar refractivity (Wildman–Crippen MR) is 137 cm³/mol. The van der Waals surface area contributed by atoms with Gasteiger partial charge in [0.05, 0.1) is 0 Å². The van der Waals surface area contributed by atoms with Gasteiger partial charge in [0.2, 0.25) is 0 Å². The predicted octanol–water partition coefficient (Wildman–Crippen LogP) is 7.36. The second-order valence-corrected chi connectivity index (χ2v) is 12.5. The minimum atomic E-state index is 0.477. The fraction of sp³-hybridized carbons (Fsp3) is 0.833. The number of aliphatic imine (C=N–C) groups is 1. The SMILES string of the molecule is C=C/C=C1/CCC23C4CCC(C(C)=NCCCC5NCCC5C)C4(C)CCC2C13CCC. The molecule has 1 heterocycles. The van der Waals surface area contributed by atoms with Crippen LogP contribution in [0.25, 0.3) is 0 Å². The Morgan fingerprint density at radius 3 is 2.75 bits per heavy atom. The highest BCUT2D eigenvalue weighted by atomic mass is 14.9. The molecule has 0 aromatic heterocycles. The van der Waals surface area contributed by atoms with Crippen molar-refractivity contribution in [3.8, 4) is 0 Å². The molecule has 0 amide bonds. The minimum absolute atomic E-state index is 0.477. The topological polar surface area (TPSA) is 24.4 Å². The van der Waals surface area contributed by atoms with E-state index in [2.05, 4.69) is 51.7 Å². The van der Waals surface area contributed by atoms with Crippen LogP contribution in [-0.4, -0.2) is 24.8 Å². The van der Waals surface area contributed by atoms with Crippen molar-refractivity contribution in [2.45, 2.75) is 104 Å². The van der Waals surface area contributed by atoms with Gasteiger partial charge in [-0.1, -0.05) is 51.5 Å². The molecule has 0 aromatic carbocycles. The summed E-state index contributed by atoms with van der Waals surface area (Å²) < 4.78 is 0. The normalized spacial score (nSPS) is 48.6. The zero-order valence-corrected chi connectivity index (χ0v) is 21.4. The van der Waals surface area contributed by atoms with Gasteiger partial charge in [-0.2, -0.15) is 0 Å². The molecule has 0 aromatic rings. The highest BCUT2D eigenvalue weighted by Gasteiger charge is 2.84. The first kappa shape index (κ1) is 22.9. The van der Waals surface area contributed by atoms with E-state index < -0.39 is 0 Å². The second kappa shape index (κ2) is 8.40. The van der Waals surface area contributed by atoms with Gasteiger partial charge in [-0.25, -0.2) is 0 Å². The summed E-state index contributed by atoms with van der Waals surface area (Å²) in [4.78, 5) is 5.21. The van der Waals surface area contributed by atoms with Gasteiger partial charge < -0.3 is 5.32 Å². The van der Waals surface area contributed by atoms with Crippen molar-refractivity contribution in [3.63, 3.8) is 0 Å². The third-order valence-electron chi connectivity index (χ3n) is 11.5. The molecule has 0 bridgehead atoms. The number of hydrogen-bond acceptors (Lipinski definition) is 2. The van der Waals surface area contributed by atoms with Crippen molar-refractivity contribution >= 4 is 5.71 Å². The molecule has 4 saturated carbocycles. The van der Waals surface area contributed by atoms with Crippen LogP contribution < -0.4 is 5.32 Å². The van der Waals surface area contributed by atoms with Crippen LogP contribution in [0.5, 0.6) is 0 Å². The van der Waals surface area contributed by atoms with E-state index in [9.17, 15) is 0 Å². The minimum Gasteiger partial charge on any atom is -0.314 e. The van der Waals surface area contributed by atoms with E-state index in [0.717, 1.165) is 36.3 Å². The quantitative estimate of drug-likeness (QED) is 0.312. The lowest BCUT2D eigenvalue weighted by atomic mass is 9.59. The molecule has 1 aliphatic heterocycles. The molecule has 0 radical (unpaired) electrons. The van der Waals surface area contributed by atoms with E-state index >= 15 is 0 Å². The third-order valence-corrected chi connectivity index (χ3v) is 11.5. The number of nitrogens with zero attached hydrogens (tertiary/aromatic N) is 1. The van der Waals surface area contributed by atoms with E-state index in [1.54, 1.807) is 5.57 Å². The zero-order valence-electron chi connectivity index (χ0n) is 21.4. The van der Waals surface area contributed by atoms with Gasteiger partial charge in [0.25, 0.3) is 0 Å². The molecule has 1 saturated heterocycles. The molecule has 8 atom stereocenters. The lowest BCUT2D eigenvalue weighted by molar-refractivity contribution is 0.0525. The monoisotopic (exact) mass is 436 g/mol. The Morgan fingerprint density at radius 2 is 2.03 bits per heavy atom. The Labute approximate surface area is 197 Å². The average molecular weight is 437 g/mol. The molecule has 5 aliphatic rings. The number of nitrogens with one attached hydrogen (secondary N) is 1. The molecular formula is C30H48N2. The first-order valence-corrected chi connectivity index (χ1v) is 14.0. The molecule has 5 rings (SSSR count). The molecule has 1 spiro atoms. The molecule has 2 heteroatoms. The van der Waals surface area contributed by atoms with Gasteiger partial charge in [-0.05, 0) is 106 Å². The van der Waals surface area contributed by atoms with E-state index in [0.29, 0.717) is 16.2 Å². The Morgan fingerprint density at radius 1 is 1.19 bits per heavy atom. The van der Waals surface area contributed by atoms with Crippen LogP contribution in [-0.2, 0) is 0 Å². The van der Waals surface area contributed by atoms with Crippen LogP contribution in [0.3, 0.4) is 0 Å². The maximum Gasteiger partial charge on any atom is 0.0389 e. The maximum atomic E-state index is 5.21. The number of rotatable bonds is 8. The third kappa shape index (κ3) is 3.03. The molecule has 8 unspecified atom stereocenters. The summed E-state index contributed by atoms with van der Waals surface area (Å²) in [6.07, 6.45) is 19.6. The highest BCUT2D eigenvalue weighted by Crippen LogP contribution is 2.90. The molecule has 5 fully saturated rings. The van der Waals surface area contributed by atoms with Crippen LogP contribution in [0, 0.1) is 39.9 Å². The summed E-state index contributed by atoms with van der Waals surface area (Å²) >= 11 is 0. The summed E-state index contributed by atoms with van der Waals surface area (Å²) in [6.45, 7) is 16.2. The molecular weight excluding hydrogens is 388 g/mol. The first-order chi connectivity index (χ1) is 15.5. The van der Waals surface area contributed by atoms with Crippen molar-refractivity contribution in [1.29, 1.82) is 0 Å². The smallest absolute Gasteiger partial charge is 0.0389 e. The van der Waals surface area contributed by atoms with Gasteiger partial charge in [-0.3, -0.25) is 4.99 Å². The van der Waals surface area contributed by atoms with Crippen LogP contribution in [0.2, 0.25) is 0 Å². The van der Waals surface area contributed by atoms with Crippen molar-refractivity contribution in [2.24, 2.45) is 44.9 Å². The molecule has 32 heavy (non-hydrogen) atoms. The summed E-state index contributed by atoms with van der Waals surface area (Å²) in [5, 5.41) is 3.69. The molecule has 4 aliphatic carbocycles. The van der Waals surface area contributed by atoms with Gasteiger partial charge in [0.15, 0.2) is 0 Å². The zero-order chi connectivity index (χ0) is 22.6. The average Bonchev–Trinajstić information content (AvgIpc) is 3.12. The number of allylic oxidation sites excluding steroid dienone is 3. The van der Waals surface area contributed by atoms with E-state index in [-0.39, 0.29) is 0 Å². The van der Waals surface area contributed by atoms with Crippen molar-refractivity contribution in [1.82, 2.24) is 5.32 Å². The first-order valence-electron chi connectivity index (χ1n) is 14.0. The van der Waals surface area contributed by atoms with Gasteiger partial charge in [-0.15, -0.1) is 0 Å². The second-order valence-electron chi connectivity index (χ2n) is 12.5. The molecule has 1 N–H and O–H groups in total. The molecule has 178 valence electrons. The summed E-state index contributed by atoms with van der Waals surface area (Å²) in [5.41, 5.74) is 4.88. The number of hydrogen-bond donors (Lipinski definition) is 1. The Kier molecular flexibility index (Phi) is 6.01. The maximum absolute atomic E-state index is 5.21. The van der Waals surface area contributed by atoms with E-state index in [1.165, 1.54) is 82.9 Å². The standard InChI is InChI=1S/C30H48N2/c1-6-9-23-13-18-30-26-12-11-24(22(4)31-19-8-10-25-21(3)15-20-32-25)28(26,5)17-14-27(30)29(23,30)16-7-2/h6,9,21,24-27,32H,1,7-8,10-20H2,2-5H3/b23-9-,31-22?. The van der Waals surface area contributed by atoms with Crippen molar-refractivity contribution in [2.75, 3.05) is 13.1 Å². The Hall–Kier alpha value is -0.890. The van der Waals surface area contributed by atoms with Crippen LogP contribution in [0.15, 0.2) is 29.3 Å². The highest BCUT2D eigenvalue weighted by molar-refractivity contribution is 5.85. The summed E-state index contributed by atoms with van der Waals surface area (Å²) in [7, 11) is 0. The Bertz CT molecular complexity index is 795. The van der Waals surface area contributed by atoms with Crippen LogP contribution in [0.1, 0.15) is 98.3 Å². The van der Waals surface area contributed by atoms with Crippen LogP contribution >= 0.6 is 0 Å². The van der Waals surface area contributed by atoms with Crippen molar-refractivity contribution < 1.29 is 0 Å². The fourth-order valence-electron chi connectivity index (χ4n) is 10.3. The van der Waals surface area contributed by atoms with Crippen molar-refractivity contribution in [3.05, 3.63) is 24.3 Å². The lowest BCUT2D eigenvalue weighted by Crippen LogP contribution is -2.40. The largest absolute Gasteiger partial charge is 0.314 e. The molecule has 2 nitrogen and oxygen atoms in total.